The summed E-state index contributed by atoms with van der Waals surface area (Å²) in [5.74, 6) is 0.703. The van der Waals surface area contributed by atoms with Crippen molar-refractivity contribution < 1.29 is 9.59 Å². The fourth-order valence-electron chi connectivity index (χ4n) is 3.09. The SMILES string of the molecule is O=C(NCC1CC1)N1CCCN(C(=O)N2CCCC2)CC1. The van der Waals surface area contributed by atoms with E-state index < -0.39 is 0 Å². The number of amides is 4. The van der Waals surface area contributed by atoms with E-state index >= 15 is 0 Å². The van der Waals surface area contributed by atoms with E-state index in [2.05, 4.69) is 5.32 Å². The number of hydrogen-bond acceptors (Lipinski definition) is 2. The summed E-state index contributed by atoms with van der Waals surface area (Å²) in [6.45, 7) is 5.41. The van der Waals surface area contributed by atoms with E-state index in [1.54, 1.807) is 0 Å². The lowest BCUT2D eigenvalue weighted by atomic mass is 10.4. The van der Waals surface area contributed by atoms with Gasteiger partial charge in [0.25, 0.3) is 0 Å². The fraction of sp³-hybridized carbons (Fsp3) is 0.867. The molecule has 3 aliphatic rings. The van der Waals surface area contributed by atoms with Gasteiger partial charge in [0.15, 0.2) is 0 Å². The van der Waals surface area contributed by atoms with Gasteiger partial charge in [-0.1, -0.05) is 0 Å². The smallest absolute Gasteiger partial charge is 0.320 e. The summed E-state index contributed by atoms with van der Waals surface area (Å²) in [7, 11) is 0. The first-order valence-corrected chi connectivity index (χ1v) is 8.30. The molecule has 0 unspecified atom stereocenters. The Morgan fingerprint density at radius 1 is 0.810 bits per heavy atom. The predicted molar refractivity (Wildman–Crippen MR) is 80.1 cm³/mol. The number of nitrogens with one attached hydrogen (secondary N) is 1. The largest absolute Gasteiger partial charge is 0.338 e. The second-order valence-corrected chi connectivity index (χ2v) is 6.43. The van der Waals surface area contributed by atoms with Crippen LogP contribution in [0.1, 0.15) is 32.1 Å². The van der Waals surface area contributed by atoms with Crippen LogP contribution < -0.4 is 5.32 Å². The van der Waals surface area contributed by atoms with Crippen LogP contribution in [0.2, 0.25) is 0 Å². The van der Waals surface area contributed by atoms with Crippen molar-refractivity contribution in [2.75, 3.05) is 45.8 Å². The van der Waals surface area contributed by atoms with Crippen LogP contribution in [0, 0.1) is 5.92 Å². The van der Waals surface area contributed by atoms with Crippen molar-refractivity contribution in [2.24, 2.45) is 5.92 Å². The van der Waals surface area contributed by atoms with E-state index in [0.717, 1.165) is 52.0 Å². The summed E-state index contributed by atoms with van der Waals surface area (Å²) in [6.07, 6.45) is 5.61. The zero-order valence-electron chi connectivity index (χ0n) is 12.7. The number of nitrogens with zero attached hydrogens (tertiary/aromatic N) is 3. The molecule has 1 saturated carbocycles. The van der Waals surface area contributed by atoms with E-state index in [1.807, 2.05) is 14.7 Å². The zero-order chi connectivity index (χ0) is 14.7. The molecule has 6 heteroatoms. The molecule has 0 spiro atoms. The van der Waals surface area contributed by atoms with E-state index in [9.17, 15) is 9.59 Å². The van der Waals surface area contributed by atoms with Crippen LogP contribution in [0.4, 0.5) is 9.59 Å². The number of carbonyl (C=O) groups excluding carboxylic acids is 2. The van der Waals surface area contributed by atoms with Gasteiger partial charge >= 0.3 is 12.1 Å². The Morgan fingerprint density at radius 2 is 1.38 bits per heavy atom. The third-order valence-corrected chi connectivity index (χ3v) is 4.67. The molecular formula is C15H26N4O2. The minimum absolute atomic E-state index is 0.0392. The van der Waals surface area contributed by atoms with Crippen LogP contribution >= 0.6 is 0 Å². The number of urea groups is 2. The summed E-state index contributed by atoms with van der Waals surface area (Å²) < 4.78 is 0. The molecule has 0 atom stereocenters. The van der Waals surface area contributed by atoms with Crippen LogP contribution in [0.5, 0.6) is 0 Å². The van der Waals surface area contributed by atoms with Gasteiger partial charge in [-0.3, -0.25) is 0 Å². The number of rotatable bonds is 2. The Balaban J connectivity index is 1.46. The lowest BCUT2D eigenvalue weighted by molar-refractivity contribution is 0.163. The second-order valence-electron chi connectivity index (χ2n) is 6.43. The first-order chi connectivity index (χ1) is 10.2. The Hall–Kier alpha value is -1.46. The molecule has 2 heterocycles. The average molecular weight is 294 g/mol. The molecule has 2 saturated heterocycles. The Bertz CT molecular complexity index is 391. The Kier molecular flexibility index (Phi) is 4.51. The van der Waals surface area contributed by atoms with Crippen molar-refractivity contribution in [3.63, 3.8) is 0 Å². The summed E-state index contributed by atoms with van der Waals surface area (Å²) in [4.78, 5) is 30.2. The van der Waals surface area contributed by atoms with Crippen molar-refractivity contribution in [3.05, 3.63) is 0 Å². The lowest BCUT2D eigenvalue weighted by Crippen LogP contribution is -2.45. The summed E-state index contributed by atoms with van der Waals surface area (Å²) >= 11 is 0. The van der Waals surface area contributed by atoms with E-state index in [0.29, 0.717) is 19.0 Å². The van der Waals surface area contributed by atoms with Gasteiger partial charge in [-0.2, -0.15) is 0 Å². The van der Waals surface area contributed by atoms with Crippen molar-refractivity contribution in [1.82, 2.24) is 20.0 Å². The molecule has 0 aromatic heterocycles. The van der Waals surface area contributed by atoms with Gasteiger partial charge in [-0.15, -0.1) is 0 Å². The van der Waals surface area contributed by atoms with E-state index in [1.165, 1.54) is 12.8 Å². The normalized spacial score (nSPS) is 23.1. The fourth-order valence-corrected chi connectivity index (χ4v) is 3.09. The monoisotopic (exact) mass is 294 g/mol. The standard InChI is InChI=1S/C15H26N4O2/c20-14(16-12-13-4-5-13)17-8-3-9-19(11-10-17)15(21)18-6-1-2-7-18/h13H,1-12H2,(H,16,20). The first kappa shape index (κ1) is 14.5. The highest BCUT2D eigenvalue weighted by atomic mass is 16.2. The minimum atomic E-state index is 0.0392. The van der Waals surface area contributed by atoms with Gasteiger partial charge in [0.05, 0.1) is 0 Å². The molecule has 0 aromatic rings. The van der Waals surface area contributed by atoms with Crippen LogP contribution in [0.3, 0.4) is 0 Å². The summed E-state index contributed by atoms with van der Waals surface area (Å²) in [5, 5.41) is 3.01. The molecule has 6 nitrogen and oxygen atoms in total. The quantitative estimate of drug-likeness (QED) is 0.835. The molecule has 0 radical (unpaired) electrons. The van der Waals surface area contributed by atoms with Crippen LogP contribution in [0.15, 0.2) is 0 Å². The van der Waals surface area contributed by atoms with E-state index in [-0.39, 0.29) is 12.1 Å². The molecule has 1 N–H and O–H groups in total. The number of carbonyl (C=O) groups is 2. The molecule has 4 amide bonds. The Morgan fingerprint density at radius 3 is 2.10 bits per heavy atom. The van der Waals surface area contributed by atoms with Crippen LogP contribution in [-0.4, -0.2) is 72.6 Å². The molecule has 0 bridgehead atoms. The third-order valence-electron chi connectivity index (χ3n) is 4.67. The molecule has 1 aliphatic carbocycles. The summed E-state index contributed by atoms with van der Waals surface area (Å²) in [6, 6.07) is 0.199. The lowest BCUT2D eigenvalue weighted by Gasteiger charge is -2.26. The number of hydrogen-bond donors (Lipinski definition) is 1. The van der Waals surface area contributed by atoms with Gasteiger partial charge in [0.1, 0.15) is 0 Å². The van der Waals surface area contributed by atoms with Crippen molar-refractivity contribution >= 4 is 12.1 Å². The maximum atomic E-state index is 12.4. The first-order valence-electron chi connectivity index (χ1n) is 8.30. The maximum Gasteiger partial charge on any atom is 0.320 e. The van der Waals surface area contributed by atoms with Crippen molar-refractivity contribution in [3.8, 4) is 0 Å². The third kappa shape index (κ3) is 3.80. The molecule has 2 aliphatic heterocycles. The molecular weight excluding hydrogens is 268 g/mol. The minimum Gasteiger partial charge on any atom is -0.338 e. The van der Waals surface area contributed by atoms with Crippen LogP contribution in [0.25, 0.3) is 0 Å². The summed E-state index contributed by atoms with van der Waals surface area (Å²) in [5.41, 5.74) is 0. The van der Waals surface area contributed by atoms with Gasteiger partial charge in [0, 0.05) is 45.8 Å². The second kappa shape index (κ2) is 6.54. The van der Waals surface area contributed by atoms with Gasteiger partial charge in [0.2, 0.25) is 0 Å². The molecule has 118 valence electrons. The zero-order valence-corrected chi connectivity index (χ0v) is 12.7. The average Bonchev–Trinajstić information content (AvgIpc) is 3.23. The maximum absolute atomic E-state index is 12.4. The van der Waals surface area contributed by atoms with Crippen molar-refractivity contribution in [2.45, 2.75) is 32.1 Å². The van der Waals surface area contributed by atoms with Gasteiger partial charge < -0.3 is 20.0 Å². The predicted octanol–water partition coefficient (Wildman–Crippen LogP) is 1.33. The highest BCUT2D eigenvalue weighted by Gasteiger charge is 2.27. The highest BCUT2D eigenvalue weighted by Crippen LogP contribution is 2.27. The van der Waals surface area contributed by atoms with E-state index in [4.69, 9.17) is 0 Å². The molecule has 3 rings (SSSR count). The molecule has 21 heavy (non-hydrogen) atoms. The number of likely N-dealkylation sites (tertiary alicyclic amines) is 1. The van der Waals surface area contributed by atoms with Gasteiger partial charge in [-0.05, 0) is 38.0 Å². The molecule has 0 aromatic carbocycles. The van der Waals surface area contributed by atoms with Crippen LogP contribution in [-0.2, 0) is 0 Å². The van der Waals surface area contributed by atoms with Crippen molar-refractivity contribution in [1.29, 1.82) is 0 Å². The Labute approximate surface area is 126 Å². The highest BCUT2D eigenvalue weighted by molar-refractivity contribution is 5.76. The molecule has 3 fully saturated rings. The topological polar surface area (TPSA) is 55.9 Å². The van der Waals surface area contributed by atoms with Gasteiger partial charge in [-0.25, -0.2) is 9.59 Å².